The molecule has 0 saturated heterocycles. The third kappa shape index (κ3) is 5.76. The highest BCUT2D eigenvalue weighted by Crippen LogP contribution is 2.44. The van der Waals surface area contributed by atoms with Crippen LogP contribution in [0.1, 0.15) is 0 Å². The predicted octanol–water partition coefficient (Wildman–Crippen LogP) is 16.4. The van der Waals surface area contributed by atoms with Gasteiger partial charge in [-0.1, -0.05) is 158 Å². The van der Waals surface area contributed by atoms with Crippen LogP contribution in [0.2, 0.25) is 0 Å². The first-order valence-corrected chi connectivity index (χ1v) is 23.3. The van der Waals surface area contributed by atoms with E-state index in [9.17, 15) is 0 Å². The molecule has 0 aliphatic carbocycles. The summed E-state index contributed by atoms with van der Waals surface area (Å²) in [6.45, 7) is 0. The first-order valence-electron chi connectivity index (χ1n) is 23.3. The first kappa shape index (κ1) is 37.8. The molecule has 6 nitrogen and oxygen atoms in total. The lowest BCUT2D eigenvalue weighted by Gasteiger charge is -2.15. The Hall–Kier alpha value is -9.39. The summed E-state index contributed by atoms with van der Waals surface area (Å²) in [5.74, 6) is 1.73. The summed E-state index contributed by atoms with van der Waals surface area (Å²) in [4.78, 5) is 16.3. The number of benzene rings is 11. The lowest BCUT2D eigenvalue weighted by atomic mass is 10.0. The molecule has 0 amide bonds. The van der Waals surface area contributed by atoms with Gasteiger partial charge < -0.3 is 13.6 Å². The molecule has 320 valence electrons. The van der Waals surface area contributed by atoms with Crippen LogP contribution in [0.5, 0.6) is 0 Å². The van der Waals surface area contributed by atoms with Crippen LogP contribution in [0.25, 0.3) is 143 Å². The van der Waals surface area contributed by atoms with E-state index in [0.29, 0.717) is 17.5 Å². The summed E-state index contributed by atoms with van der Waals surface area (Å²) in [6.07, 6.45) is 0. The second kappa shape index (κ2) is 14.6. The number of para-hydroxylation sites is 2. The SMILES string of the molecule is c1ccc(-c2nc(-c3ccc4c5ccccc5n(-c5ccccc5)c4c3)nc(-c3cc4c(cc3-n3c5cc6ccccc6cc5c5c6ccccc6ccc53)oc3cc5ccccc5cc34)n2)cc1. The predicted molar refractivity (Wildman–Crippen MR) is 285 cm³/mol. The van der Waals surface area contributed by atoms with Crippen molar-refractivity contribution in [3.8, 4) is 45.5 Å². The summed E-state index contributed by atoms with van der Waals surface area (Å²) in [5, 5.41) is 13.8. The maximum Gasteiger partial charge on any atom is 0.166 e. The highest BCUT2D eigenvalue weighted by atomic mass is 16.3. The lowest BCUT2D eigenvalue weighted by molar-refractivity contribution is 0.669. The van der Waals surface area contributed by atoms with Crippen LogP contribution in [0.15, 0.2) is 229 Å². The monoisotopic (exact) mass is 879 g/mol. The Morgan fingerprint density at radius 3 is 1.65 bits per heavy atom. The van der Waals surface area contributed by atoms with Crippen LogP contribution in [0, 0.1) is 0 Å². The highest BCUT2D eigenvalue weighted by molar-refractivity contribution is 6.24. The van der Waals surface area contributed by atoms with Crippen LogP contribution in [0.3, 0.4) is 0 Å². The molecule has 0 spiro atoms. The molecule has 15 aromatic rings. The van der Waals surface area contributed by atoms with Gasteiger partial charge in [-0.2, -0.15) is 0 Å². The van der Waals surface area contributed by atoms with Crippen LogP contribution >= 0.6 is 0 Å². The maximum atomic E-state index is 6.89. The quantitative estimate of drug-likeness (QED) is 0.173. The van der Waals surface area contributed by atoms with E-state index in [4.69, 9.17) is 19.4 Å². The summed E-state index contributed by atoms with van der Waals surface area (Å²) >= 11 is 0. The molecule has 0 N–H and O–H groups in total. The molecule has 6 heteroatoms. The van der Waals surface area contributed by atoms with Gasteiger partial charge >= 0.3 is 0 Å². The minimum atomic E-state index is 0.561. The van der Waals surface area contributed by atoms with E-state index in [2.05, 4.69) is 215 Å². The van der Waals surface area contributed by atoms with E-state index in [1.165, 1.54) is 32.3 Å². The molecule has 0 bridgehead atoms. The largest absolute Gasteiger partial charge is 0.456 e. The Morgan fingerprint density at radius 1 is 0.304 bits per heavy atom. The Balaban J connectivity index is 1.06. The van der Waals surface area contributed by atoms with E-state index in [0.717, 1.165) is 93.6 Å². The standard InChI is InChI=1S/C63H37N5O/c1-3-16-39(17-4-1)61-64-62(44-27-29-48-47-25-13-14-26-53(47)67(55(48)34-44)45-22-5-2-6-23-45)66-63(65-61)52-36-50-49-31-40-18-8-10-21-43(40)35-58(49)69-59(50)37-57(52)68-54-30-28-38-15-11-12-24-46(38)60(54)51-32-41-19-7-9-20-42(41)33-56(51)68/h1-37H. The Kier molecular flexibility index (Phi) is 7.97. The number of nitrogens with zero attached hydrogens (tertiary/aromatic N) is 5. The minimum Gasteiger partial charge on any atom is -0.456 e. The molecule has 0 fully saturated rings. The molecule has 15 rings (SSSR count). The van der Waals surface area contributed by atoms with E-state index < -0.39 is 0 Å². The molecule has 0 saturated carbocycles. The molecule has 0 radical (unpaired) electrons. The summed E-state index contributed by atoms with van der Waals surface area (Å²) in [5.41, 5.74) is 10.6. The fraction of sp³-hybridized carbons (Fsp3) is 0. The van der Waals surface area contributed by atoms with Crippen molar-refractivity contribution in [1.29, 1.82) is 0 Å². The third-order valence-electron chi connectivity index (χ3n) is 14.1. The molecule has 0 aliphatic heterocycles. The topological polar surface area (TPSA) is 61.7 Å². The van der Waals surface area contributed by atoms with Crippen molar-refractivity contribution < 1.29 is 4.42 Å². The zero-order valence-electron chi connectivity index (χ0n) is 37.0. The van der Waals surface area contributed by atoms with Crippen molar-refractivity contribution in [2.45, 2.75) is 0 Å². The van der Waals surface area contributed by atoms with Gasteiger partial charge in [0.2, 0.25) is 0 Å². The number of hydrogen-bond acceptors (Lipinski definition) is 4. The maximum absolute atomic E-state index is 6.89. The number of rotatable bonds is 5. The normalized spacial score (nSPS) is 12.1. The average molecular weight is 880 g/mol. The van der Waals surface area contributed by atoms with Gasteiger partial charge in [-0.25, -0.2) is 15.0 Å². The van der Waals surface area contributed by atoms with Gasteiger partial charge in [-0.05, 0) is 93.0 Å². The lowest BCUT2D eigenvalue weighted by Crippen LogP contribution is -2.04. The summed E-state index contributed by atoms with van der Waals surface area (Å²) < 4.78 is 11.6. The second-order valence-corrected chi connectivity index (χ2v) is 18.0. The van der Waals surface area contributed by atoms with Gasteiger partial charge in [0.25, 0.3) is 0 Å². The molecule has 0 unspecified atom stereocenters. The first-order chi connectivity index (χ1) is 34.2. The fourth-order valence-corrected chi connectivity index (χ4v) is 10.9. The van der Waals surface area contributed by atoms with Crippen molar-refractivity contribution in [2.24, 2.45) is 0 Å². The molecule has 0 atom stereocenters. The number of aromatic nitrogens is 5. The van der Waals surface area contributed by atoms with Crippen LogP contribution in [0.4, 0.5) is 0 Å². The van der Waals surface area contributed by atoms with Crippen molar-refractivity contribution in [2.75, 3.05) is 0 Å². The molecular weight excluding hydrogens is 843 g/mol. The van der Waals surface area contributed by atoms with Crippen molar-refractivity contribution in [1.82, 2.24) is 24.1 Å². The van der Waals surface area contributed by atoms with Gasteiger partial charge in [0.05, 0.1) is 27.8 Å². The smallest absolute Gasteiger partial charge is 0.166 e. The number of furan rings is 1. The fourth-order valence-electron chi connectivity index (χ4n) is 10.9. The molecular formula is C63H37N5O. The van der Waals surface area contributed by atoms with Crippen molar-refractivity contribution in [3.05, 3.63) is 224 Å². The van der Waals surface area contributed by atoms with Crippen LogP contribution in [-0.2, 0) is 0 Å². The summed E-state index contributed by atoms with van der Waals surface area (Å²) in [6, 6.07) is 79.8. The van der Waals surface area contributed by atoms with Gasteiger partial charge in [0.15, 0.2) is 17.5 Å². The van der Waals surface area contributed by atoms with Crippen molar-refractivity contribution in [3.63, 3.8) is 0 Å². The van der Waals surface area contributed by atoms with E-state index in [1.807, 2.05) is 18.2 Å². The minimum absolute atomic E-state index is 0.561. The molecule has 11 aromatic carbocycles. The van der Waals surface area contributed by atoms with Gasteiger partial charge in [-0.3, -0.25) is 0 Å². The van der Waals surface area contributed by atoms with Crippen LogP contribution in [-0.4, -0.2) is 24.1 Å². The van der Waals surface area contributed by atoms with E-state index in [1.54, 1.807) is 0 Å². The number of hydrogen-bond donors (Lipinski definition) is 0. The van der Waals surface area contributed by atoms with E-state index in [-0.39, 0.29) is 0 Å². The highest BCUT2D eigenvalue weighted by Gasteiger charge is 2.24. The molecule has 0 aliphatic rings. The Morgan fingerprint density at radius 2 is 0.870 bits per heavy atom. The molecule has 4 heterocycles. The molecule has 4 aromatic heterocycles. The Labute approximate surface area is 394 Å². The average Bonchev–Trinajstić information content (AvgIpc) is 4.05. The van der Waals surface area contributed by atoms with Gasteiger partial charge in [0, 0.05) is 60.8 Å². The van der Waals surface area contributed by atoms with Crippen LogP contribution < -0.4 is 0 Å². The van der Waals surface area contributed by atoms with Gasteiger partial charge in [-0.15, -0.1) is 0 Å². The number of fused-ring (bicyclic) bond motifs is 13. The molecule has 69 heavy (non-hydrogen) atoms. The third-order valence-corrected chi connectivity index (χ3v) is 14.1. The zero-order chi connectivity index (χ0) is 45.2. The second-order valence-electron chi connectivity index (χ2n) is 18.0. The van der Waals surface area contributed by atoms with Gasteiger partial charge in [0.1, 0.15) is 11.2 Å². The Bertz CT molecular complexity index is 4600. The van der Waals surface area contributed by atoms with E-state index >= 15 is 0 Å². The van der Waals surface area contributed by atoms with Crippen molar-refractivity contribution >= 4 is 97.9 Å². The summed E-state index contributed by atoms with van der Waals surface area (Å²) in [7, 11) is 0. The zero-order valence-corrected chi connectivity index (χ0v) is 37.0.